The number of aliphatic carboxylic acids is 1. The summed E-state index contributed by atoms with van der Waals surface area (Å²) in [7, 11) is 0. The molecule has 0 radical (unpaired) electrons. The van der Waals surface area contributed by atoms with Gasteiger partial charge in [-0.05, 0) is 37.1 Å². The maximum absolute atomic E-state index is 12.0. The van der Waals surface area contributed by atoms with Crippen molar-refractivity contribution in [2.75, 3.05) is 6.54 Å². The van der Waals surface area contributed by atoms with Gasteiger partial charge < -0.3 is 15.2 Å². The molecule has 1 atom stereocenters. The van der Waals surface area contributed by atoms with Gasteiger partial charge in [0.25, 0.3) is 0 Å². The van der Waals surface area contributed by atoms with Crippen LogP contribution in [0.5, 0.6) is 5.75 Å². The summed E-state index contributed by atoms with van der Waals surface area (Å²) in [5.74, 6) is -0.251. The lowest BCUT2D eigenvalue weighted by atomic mass is 10.1. The fourth-order valence-electron chi connectivity index (χ4n) is 2.58. The molecule has 0 fully saturated rings. The van der Waals surface area contributed by atoms with Crippen molar-refractivity contribution in [2.45, 2.75) is 38.8 Å². The van der Waals surface area contributed by atoms with E-state index >= 15 is 0 Å². The van der Waals surface area contributed by atoms with Crippen LogP contribution in [0.25, 0.3) is 0 Å². The molecule has 138 valence electrons. The molecule has 0 saturated carbocycles. The van der Waals surface area contributed by atoms with Crippen LogP contribution in [0.1, 0.15) is 42.1 Å². The van der Waals surface area contributed by atoms with Crippen LogP contribution in [0.3, 0.4) is 0 Å². The summed E-state index contributed by atoms with van der Waals surface area (Å²) < 4.78 is 5.50. The van der Waals surface area contributed by atoms with E-state index in [1.807, 2.05) is 48.5 Å². The van der Waals surface area contributed by atoms with Crippen LogP contribution >= 0.6 is 0 Å². The lowest BCUT2D eigenvalue weighted by Crippen LogP contribution is -2.26. The molecule has 0 aliphatic heterocycles. The Hall–Kier alpha value is -2.66. The van der Waals surface area contributed by atoms with E-state index in [0.29, 0.717) is 25.1 Å². The van der Waals surface area contributed by atoms with Crippen LogP contribution in [0, 0.1) is 0 Å². The molecule has 0 saturated heterocycles. The molecule has 1 unspecified atom stereocenters. The zero-order chi connectivity index (χ0) is 18.8. The van der Waals surface area contributed by atoms with Gasteiger partial charge in [0, 0.05) is 18.5 Å². The molecular weight excluding hydrogens is 330 g/mol. The zero-order valence-corrected chi connectivity index (χ0v) is 15.0. The van der Waals surface area contributed by atoms with Gasteiger partial charge in [-0.1, -0.05) is 49.4 Å². The number of Topliss-reactive ketones (excluding diaryl/α,β-unsaturated/α-hetero) is 1. The summed E-state index contributed by atoms with van der Waals surface area (Å²) in [6.45, 7) is 3.15. The van der Waals surface area contributed by atoms with Crippen molar-refractivity contribution in [3.05, 3.63) is 65.7 Å². The van der Waals surface area contributed by atoms with Gasteiger partial charge in [-0.15, -0.1) is 0 Å². The van der Waals surface area contributed by atoms with Crippen molar-refractivity contribution in [3.63, 3.8) is 0 Å². The monoisotopic (exact) mass is 355 g/mol. The highest BCUT2D eigenvalue weighted by molar-refractivity contribution is 5.95. The first kappa shape index (κ1) is 19.7. The van der Waals surface area contributed by atoms with E-state index in [-0.39, 0.29) is 5.78 Å². The zero-order valence-electron chi connectivity index (χ0n) is 15.0. The average Bonchev–Trinajstić information content (AvgIpc) is 2.66. The maximum atomic E-state index is 12.0. The molecule has 0 amide bonds. The van der Waals surface area contributed by atoms with E-state index in [1.165, 1.54) is 0 Å². The summed E-state index contributed by atoms with van der Waals surface area (Å²) in [5, 5.41) is 12.4. The molecule has 0 aromatic heterocycles. The Morgan fingerprint density at radius 1 is 1.12 bits per heavy atom. The highest BCUT2D eigenvalue weighted by atomic mass is 16.5. The second-order valence-corrected chi connectivity index (χ2v) is 6.07. The molecule has 0 heterocycles. The van der Waals surface area contributed by atoms with E-state index in [1.54, 1.807) is 13.0 Å². The van der Waals surface area contributed by atoms with Gasteiger partial charge in [0.05, 0.1) is 0 Å². The Labute approximate surface area is 154 Å². The van der Waals surface area contributed by atoms with Crippen molar-refractivity contribution >= 4 is 11.8 Å². The Morgan fingerprint density at radius 2 is 1.88 bits per heavy atom. The number of ether oxygens (including phenoxy) is 1. The number of carbonyl (C=O) groups excluding carboxylic acids is 1. The lowest BCUT2D eigenvalue weighted by molar-refractivity contribution is -0.145. The van der Waals surface area contributed by atoms with Crippen LogP contribution in [0.2, 0.25) is 0 Å². The third kappa shape index (κ3) is 6.33. The third-order valence-corrected chi connectivity index (χ3v) is 4.01. The van der Waals surface area contributed by atoms with E-state index in [0.717, 1.165) is 24.1 Å². The minimum Gasteiger partial charge on any atom is -0.479 e. The molecule has 5 nitrogen and oxygen atoms in total. The van der Waals surface area contributed by atoms with Gasteiger partial charge in [-0.25, -0.2) is 4.79 Å². The number of ketones is 1. The minimum absolute atomic E-state index is 0.155. The van der Waals surface area contributed by atoms with Gasteiger partial charge in [0.1, 0.15) is 5.75 Å². The van der Waals surface area contributed by atoms with Crippen molar-refractivity contribution in [3.8, 4) is 5.75 Å². The predicted molar refractivity (Wildman–Crippen MR) is 100 cm³/mol. The fraction of sp³-hybridized carbons (Fsp3) is 0.333. The molecule has 0 bridgehead atoms. The molecule has 0 aliphatic rings. The number of carboxylic acid groups (broad SMARTS) is 1. The molecule has 26 heavy (non-hydrogen) atoms. The number of hydrogen-bond acceptors (Lipinski definition) is 4. The highest BCUT2D eigenvalue weighted by Crippen LogP contribution is 2.16. The molecule has 2 rings (SSSR count). The summed E-state index contributed by atoms with van der Waals surface area (Å²) in [6, 6.07) is 16.7. The molecular formula is C21H25NO4. The summed E-state index contributed by atoms with van der Waals surface area (Å²) >= 11 is 0. The summed E-state index contributed by atoms with van der Waals surface area (Å²) in [6.07, 6.45) is 0.854. The first-order valence-electron chi connectivity index (χ1n) is 8.87. The number of nitrogens with one attached hydrogen (secondary N) is 1. The van der Waals surface area contributed by atoms with Crippen LogP contribution < -0.4 is 10.1 Å². The maximum Gasteiger partial charge on any atom is 0.344 e. The largest absolute Gasteiger partial charge is 0.479 e. The standard InChI is InChI=1S/C21H25NO4/c1-2-20(21(24)25)26-18-11-6-8-16(14-18)15-22-13-7-12-19(23)17-9-4-3-5-10-17/h3-6,8-11,14,20,22H,2,7,12-13,15H2,1H3,(H,24,25). The minimum atomic E-state index is -0.959. The Morgan fingerprint density at radius 3 is 2.58 bits per heavy atom. The second kappa shape index (κ2) is 10.4. The van der Waals surface area contributed by atoms with Crippen molar-refractivity contribution in [1.29, 1.82) is 0 Å². The number of benzene rings is 2. The average molecular weight is 355 g/mol. The number of carboxylic acids is 1. The molecule has 0 spiro atoms. The van der Waals surface area contributed by atoms with E-state index in [2.05, 4.69) is 5.32 Å². The smallest absolute Gasteiger partial charge is 0.344 e. The third-order valence-electron chi connectivity index (χ3n) is 4.01. The lowest BCUT2D eigenvalue weighted by Gasteiger charge is -2.14. The number of hydrogen-bond donors (Lipinski definition) is 2. The Balaban J connectivity index is 1.73. The first-order valence-corrected chi connectivity index (χ1v) is 8.87. The van der Waals surface area contributed by atoms with Crippen molar-refractivity contribution < 1.29 is 19.4 Å². The molecule has 2 N–H and O–H groups in total. The summed E-state index contributed by atoms with van der Waals surface area (Å²) in [4.78, 5) is 23.1. The van der Waals surface area contributed by atoms with Crippen LogP contribution in [0.4, 0.5) is 0 Å². The van der Waals surface area contributed by atoms with E-state index < -0.39 is 12.1 Å². The van der Waals surface area contributed by atoms with Crippen molar-refractivity contribution in [1.82, 2.24) is 5.32 Å². The normalized spacial score (nSPS) is 11.7. The van der Waals surface area contributed by atoms with Crippen LogP contribution in [-0.4, -0.2) is 29.5 Å². The number of carbonyl (C=O) groups is 2. The van der Waals surface area contributed by atoms with Gasteiger partial charge in [-0.3, -0.25) is 4.79 Å². The quantitative estimate of drug-likeness (QED) is 0.475. The van der Waals surface area contributed by atoms with E-state index in [9.17, 15) is 9.59 Å². The topological polar surface area (TPSA) is 75.6 Å². The van der Waals surface area contributed by atoms with Crippen LogP contribution in [0.15, 0.2) is 54.6 Å². The second-order valence-electron chi connectivity index (χ2n) is 6.07. The highest BCUT2D eigenvalue weighted by Gasteiger charge is 2.16. The van der Waals surface area contributed by atoms with Gasteiger partial charge in [0.2, 0.25) is 0 Å². The fourth-order valence-corrected chi connectivity index (χ4v) is 2.58. The molecule has 5 heteroatoms. The Kier molecular flexibility index (Phi) is 7.83. The van der Waals surface area contributed by atoms with Crippen molar-refractivity contribution in [2.24, 2.45) is 0 Å². The van der Waals surface area contributed by atoms with Gasteiger partial charge in [-0.2, -0.15) is 0 Å². The SMILES string of the molecule is CCC(Oc1cccc(CNCCCC(=O)c2ccccc2)c1)C(=O)O. The molecule has 2 aromatic rings. The van der Waals surface area contributed by atoms with Gasteiger partial charge in [0.15, 0.2) is 11.9 Å². The number of rotatable bonds is 11. The first-order chi connectivity index (χ1) is 12.6. The van der Waals surface area contributed by atoms with E-state index in [4.69, 9.17) is 9.84 Å². The molecule has 2 aromatic carbocycles. The van der Waals surface area contributed by atoms with Gasteiger partial charge >= 0.3 is 5.97 Å². The summed E-state index contributed by atoms with van der Waals surface area (Å²) in [5.41, 5.74) is 1.76. The Bertz CT molecular complexity index is 715. The van der Waals surface area contributed by atoms with Crippen LogP contribution in [-0.2, 0) is 11.3 Å². The molecule has 0 aliphatic carbocycles. The predicted octanol–water partition coefficient (Wildman–Crippen LogP) is 3.68.